The molecule has 7 heteroatoms. The molecule has 2 rings (SSSR count). The van der Waals surface area contributed by atoms with Gasteiger partial charge in [-0.3, -0.25) is 9.67 Å². The Kier molecular flexibility index (Phi) is 8.75. The zero-order chi connectivity index (χ0) is 16.8. The molecule has 0 aromatic carbocycles. The van der Waals surface area contributed by atoms with E-state index in [0.29, 0.717) is 5.92 Å². The van der Waals surface area contributed by atoms with Gasteiger partial charge in [0.25, 0.3) is 0 Å². The molecule has 0 aliphatic carbocycles. The van der Waals surface area contributed by atoms with Crippen LogP contribution in [0.1, 0.15) is 36.6 Å². The number of aromatic nitrogens is 2. The van der Waals surface area contributed by atoms with E-state index in [1.54, 1.807) is 11.3 Å². The van der Waals surface area contributed by atoms with E-state index in [-0.39, 0.29) is 24.0 Å². The number of thiophene rings is 1. The van der Waals surface area contributed by atoms with Crippen LogP contribution in [0.15, 0.2) is 28.0 Å². The summed E-state index contributed by atoms with van der Waals surface area (Å²) in [4.78, 5) is 6.54. The fourth-order valence-corrected chi connectivity index (χ4v) is 3.33. The largest absolute Gasteiger partial charge is 0.356 e. The lowest BCUT2D eigenvalue weighted by atomic mass is 10.1. The molecule has 2 heterocycles. The maximum absolute atomic E-state index is 4.58. The molecule has 0 aliphatic rings. The van der Waals surface area contributed by atoms with Gasteiger partial charge in [0.05, 0.1) is 5.69 Å². The van der Waals surface area contributed by atoms with Gasteiger partial charge in [-0.25, -0.2) is 0 Å². The number of nitrogens with one attached hydrogen (secondary N) is 1. The van der Waals surface area contributed by atoms with Crippen molar-refractivity contribution in [1.29, 1.82) is 0 Å². The van der Waals surface area contributed by atoms with E-state index in [4.69, 9.17) is 0 Å². The van der Waals surface area contributed by atoms with E-state index in [2.05, 4.69) is 64.2 Å². The van der Waals surface area contributed by atoms with Crippen LogP contribution in [0.4, 0.5) is 0 Å². The zero-order valence-corrected chi connectivity index (χ0v) is 18.3. The second-order valence-electron chi connectivity index (χ2n) is 6.08. The molecular formula is C17H28IN5S. The lowest BCUT2D eigenvalue weighted by Crippen LogP contribution is -2.39. The SMILES string of the molecule is CN=C(NCCc1ccsc1)N(C)Cc1cn(C)nc1C(C)C.I. The minimum absolute atomic E-state index is 0. The molecule has 1 N–H and O–H groups in total. The first kappa shape index (κ1) is 21.0. The highest BCUT2D eigenvalue weighted by Gasteiger charge is 2.14. The molecule has 0 saturated heterocycles. The maximum atomic E-state index is 4.58. The molecular weight excluding hydrogens is 433 g/mol. The highest BCUT2D eigenvalue weighted by Crippen LogP contribution is 2.18. The number of rotatable bonds is 6. The molecule has 0 radical (unpaired) electrons. The van der Waals surface area contributed by atoms with Gasteiger partial charge in [0.1, 0.15) is 0 Å². The molecule has 24 heavy (non-hydrogen) atoms. The number of hydrogen-bond acceptors (Lipinski definition) is 3. The van der Waals surface area contributed by atoms with Gasteiger partial charge in [-0.05, 0) is 34.7 Å². The Bertz CT molecular complexity index is 633. The lowest BCUT2D eigenvalue weighted by Gasteiger charge is -2.22. The number of nitrogens with zero attached hydrogens (tertiary/aromatic N) is 4. The summed E-state index contributed by atoms with van der Waals surface area (Å²) in [6.07, 6.45) is 3.12. The van der Waals surface area contributed by atoms with Crippen LogP contribution in [0.2, 0.25) is 0 Å². The van der Waals surface area contributed by atoms with Crippen LogP contribution in [-0.4, -0.2) is 41.3 Å². The van der Waals surface area contributed by atoms with E-state index < -0.39 is 0 Å². The second-order valence-corrected chi connectivity index (χ2v) is 6.86. The van der Waals surface area contributed by atoms with Crippen LogP contribution in [-0.2, 0) is 20.0 Å². The van der Waals surface area contributed by atoms with Crippen molar-refractivity contribution >= 4 is 41.3 Å². The van der Waals surface area contributed by atoms with E-state index in [1.165, 1.54) is 11.1 Å². The summed E-state index contributed by atoms with van der Waals surface area (Å²) in [7, 11) is 5.87. The third-order valence-corrected chi connectivity index (χ3v) is 4.47. The third-order valence-electron chi connectivity index (χ3n) is 3.74. The predicted molar refractivity (Wildman–Crippen MR) is 114 cm³/mol. The Morgan fingerprint density at radius 3 is 2.79 bits per heavy atom. The average Bonchev–Trinajstić information content (AvgIpc) is 3.13. The molecule has 0 atom stereocenters. The van der Waals surface area contributed by atoms with Gasteiger partial charge in [0.2, 0.25) is 0 Å². The predicted octanol–water partition coefficient (Wildman–Crippen LogP) is 3.47. The summed E-state index contributed by atoms with van der Waals surface area (Å²) < 4.78 is 1.89. The van der Waals surface area contributed by atoms with Crippen LogP contribution < -0.4 is 5.32 Å². The second kappa shape index (κ2) is 10.0. The van der Waals surface area contributed by atoms with Crippen molar-refractivity contribution in [2.45, 2.75) is 32.7 Å². The minimum atomic E-state index is 0. The average molecular weight is 461 g/mol. The summed E-state index contributed by atoms with van der Waals surface area (Å²) in [6, 6.07) is 2.17. The molecule has 134 valence electrons. The lowest BCUT2D eigenvalue weighted by molar-refractivity contribution is 0.474. The first-order chi connectivity index (χ1) is 11.0. The van der Waals surface area contributed by atoms with Crippen LogP contribution in [0.25, 0.3) is 0 Å². The number of aliphatic imine (C=N–C) groups is 1. The highest BCUT2D eigenvalue weighted by molar-refractivity contribution is 14.0. The van der Waals surface area contributed by atoms with Crippen molar-refractivity contribution in [3.8, 4) is 0 Å². The zero-order valence-electron chi connectivity index (χ0n) is 15.1. The highest BCUT2D eigenvalue weighted by atomic mass is 127. The quantitative estimate of drug-likeness (QED) is 0.407. The van der Waals surface area contributed by atoms with E-state index in [1.807, 2.05) is 18.8 Å². The topological polar surface area (TPSA) is 45.5 Å². The fourth-order valence-electron chi connectivity index (χ4n) is 2.63. The van der Waals surface area contributed by atoms with Gasteiger partial charge >= 0.3 is 0 Å². The Morgan fingerprint density at radius 2 is 2.21 bits per heavy atom. The smallest absolute Gasteiger partial charge is 0.193 e. The first-order valence-electron chi connectivity index (χ1n) is 7.96. The van der Waals surface area contributed by atoms with Gasteiger partial charge in [-0.15, -0.1) is 24.0 Å². The molecule has 2 aromatic heterocycles. The first-order valence-corrected chi connectivity index (χ1v) is 8.90. The maximum Gasteiger partial charge on any atom is 0.193 e. The van der Waals surface area contributed by atoms with Crippen molar-refractivity contribution < 1.29 is 0 Å². The Labute approximate surface area is 166 Å². The van der Waals surface area contributed by atoms with E-state index in [9.17, 15) is 0 Å². The number of halogens is 1. The van der Waals surface area contributed by atoms with Gasteiger partial charge in [-0.1, -0.05) is 13.8 Å². The third kappa shape index (κ3) is 5.77. The number of hydrogen-bond donors (Lipinski definition) is 1. The Balaban J connectivity index is 0.00000288. The minimum Gasteiger partial charge on any atom is -0.356 e. The van der Waals surface area contributed by atoms with Gasteiger partial charge in [0, 0.05) is 46.0 Å². The summed E-state index contributed by atoms with van der Waals surface area (Å²) in [5.41, 5.74) is 3.79. The van der Waals surface area contributed by atoms with Crippen molar-refractivity contribution in [2.24, 2.45) is 12.0 Å². The Morgan fingerprint density at radius 1 is 1.46 bits per heavy atom. The molecule has 0 spiro atoms. The number of guanidine groups is 1. The summed E-state index contributed by atoms with van der Waals surface area (Å²) >= 11 is 1.74. The van der Waals surface area contributed by atoms with Crippen molar-refractivity contribution in [1.82, 2.24) is 20.0 Å². The van der Waals surface area contributed by atoms with Crippen LogP contribution in [0.5, 0.6) is 0 Å². The van der Waals surface area contributed by atoms with Crippen molar-refractivity contribution in [3.63, 3.8) is 0 Å². The Hall–Kier alpha value is -1.09. The van der Waals surface area contributed by atoms with Gasteiger partial charge in [0.15, 0.2) is 5.96 Å². The van der Waals surface area contributed by atoms with E-state index >= 15 is 0 Å². The van der Waals surface area contributed by atoms with Crippen LogP contribution >= 0.6 is 35.3 Å². The van der Waals surface area contributed by atoms with Crippen LogP contribution in [0, 0.1) is 0 Å². The molecule has 5 nitrogen and oxygen atoms in total. The molecule has 0 aliphatic heterocycles. The molecule has 0 unspecified atom stereocenters. The molecule has 0 saturated carbocycles. The summed E-state index contributed by atoms with van der Waals surface area (Å²) in [6.45, 7) is 6.05. The molecule has 0 amide bonds. The van der Waals surface area contributed by atoms with Gasteiger partial charge < -0.3 is 10.2 Å². The molecule has 2 aromatic rings. The standard InChI is InChI=1S/C17H27N5S.HI/c1-13(2)16-15(11-22(5)20-16)10-21(4)17(18-3)19-8-6-14-7-9-23-12-14;/h7,9,11-13H,6,8,10H2,1-5H3,(H,18,19);1H. The summed E-state index contributed by atoms with van der Waals surface area (Å²) in [5.74, 6) is 1.34. The monoisotopic (exact) mass is 461 g/mol. The van der Waals surface area contributed by atoms with Crippen molar-refractivity contribution in [3.05, 3.63) is 39.8 Å². The normalized spacial score (nSPS) is 11.5. The van der Waals surface area contributed by atoms with Gasteiger partial charge in [-0.2, -0.15) is 16.4 Å². The van der Waals surface area contributed by atoms with E-state index in [0.717, 1.165) is 31.2 Å². The van der Waals surface area contributed by atoms with Crippen LogP contribution in [0.3, 0.4) is 0 Å². The molecule has 0 bridgehead atoms. The summed E-state index contributed by atoms with van der Waals surface area (Å²) in [5, 5.41) is 12.3. The fraction of sp³-hybridized carbons (Fsp3) is 0.529. The molecule has 0 fully saturated rings. The number of aryl methyl sites for hydroxylation is 1. The van der Waals surface area contributed by atoms with Crippen molar-refractivity contribution in [2.75, 3.05) is 20.6 Å².